The minimum absolute atomic E-state index is 0.0899. The molecule has 3 aromatic heterocycles. The highest BCUT2D eigenvalue weighted by atomic mass is 32.2. The third-order valence-electron chi connectivity index (χ3n) is 6.17. The van der Waals surface area contributed by atoms with E-state index in [2.05, 4.69) is 16.3 Å². The van der Waals surface area contributed by atoms with Gasteiger partial charge in [0.15, 0.2) is 0 Å². The number of nitriles is 1. The highest BCUT2D eigenvalue weighted by Crippen LogP contribution is 2.32. The van der Waals surface area contributed by atoms with E-state index in [1.165, 1.54) is 10.5 Å². The first-order valence-corrected chi connectivity index (χ1v) is 12.2. The lowest BCUT2D eigenvalue weighted by Crippen LogP contribution is -2.39. The molecule has 10 nitrogen and oxygen atoms in total. The summed E-state index contributed by atoms with van der Waals surface area (Å²) >= 11 is 0. The van der Waals surface area contributed by atoms with E-state index < -0.39 is 10.0 Å². The molecule has 1 saturated heterocycles. The number of nitrogens with two attached hydrogens (primary N) is 1. The minimum atomic E-state index is -3.55. The zero-order valence-corrected chi connectivity index (χ0v) is 19.3. The van der Waals surface area contributed by atoms with E-state index in [1.807, 2.05) is 23.1 Å². The molecule has 174 valence electrons. The lowest BCUT2D eigenvalue weighted by atomic mass is 10.1. The molecule has 0 aliphatic carbocycles. The Morgan fingerprint density at radius 1 is 1.09 bits per heavy atom. The van der Waals surface area contributed by atoms with Crippen LogP contribution in [0.3, 0.4) is 0 Å². The largest absolute Gasteiger partial charge is 0.494 e. The fourth-order valence-electron chi connectivity index (χ4n) is 4.30. The molecule has 0 bridgehead atoms. The van der Waals surface area contributed by atoms with Crippen molar-refractivity contribution in [1.29, 1.82) is 5.26 Å². The predicted molar refractivity (Wildman–Crippen MR) is 126 cm³/mol. The molecule has 1 aliphatic heterocycles. The molecule has 0 amide bonds. The van der Waals surface area contributed by atoms with E-state index in [1.54, 1.807) is 42.1 Å². The van der Waals surface area contributed by atoms with Crippen molar-refractivity contribution in [1.82, 2.24) is 23.7 Å². The summed E-state index contributed by atoms with van der Waals surface area (Å²) in [5, 5.41) is 18.1. The Morgan fingerprint density at radius 2 is 1.82 bits per heavy atom. The molecule has 11 heteroatoms. The normalized spacial score (nSPS) is 15.4. The fraction of sp³-hybridized carbons (Fsp3) is 0.261. The molecule has 0 saturated carbocycles. The van der Waals surface area contributed by atoms with E-state index in [4.69, 9.17) is 10.5 Å². The van der Waals surface area contributed by atoms with Gasteiger partial charge in [-0.15, -0.1) is 0 Å². The van der Waals surface area contributed by atoms with Gasteiger partial charge >= 0.3 is 0 Å². The van der Waals surface area contributed by atoms with E-state index >= 15 is 0 Å². The van der Waals surface area contributed by atoms with Crippen molar-refractivity contribution in [2.45, 2.75) is 23.8 Å². The van der Waals surface area contributed by atoms with Gasteiger partial charge in [-0.1, -0.05) is 0 Å². The van der Waals surface area contributed by atoms with Crippen LogP contribution in [0.4, 0.5) is 5.69 Å². The Balaban J connectivity index is 1.34. The van der Waals surface area contributed by atoms with Crippen LogP contribution in [-0.2, 0) is 10.0 Å². The van der Waals surface area contributed by atoms with Gasteiger partial charge in [-0.25, -0.2) is 12.9 Å². The Kier molecular flexibility index (Phi) is 5.47. The van der Waals surface area contributed by atoms with Gasteiger partial charge in [0.1, 0.15) is 22.9 Å². The number of hydrogen-bond acceptors (Lipinski definition) is 7. The number of ether oxygens (including phenoxy) is 1. The van der Waals surface area contributed by atoms with Crippen LogP contribution in [0.1, 0.15) is 24.4 Å². The summed E-state index contributed by atoms with van der Waals surface area (Å²) in [7, 11) is -1.99. The summed E-state index contributed by atoms with van der Waals surface area (Å²) < 4.78 is 36.4. The molecular formula is C23H23N7O3S. The standard InChI is InChI=1S/C23H23N7O3S/c1-33-22-10-16(14-30-23(22)17(11-24)12-27-30)18-13-26-29(15-18)20-6-8-28(9-7-20)34(31,32)21-4-2-19(25)3-5-21/h2-5,10,12-15,20H,6-9,25H2,1H3. The van der Waals surface area contributed by atoms with Gasteiger partial charge < -0.3 is 10.5 Å². The van der Waals surface area contributed by atoms with Crippen LogP contribution in [0, 0.1) is 11.3 Å². The molecule has 4 heterocycles. The Bertz CT molecular complexity index is 1490. The maximum atomic E-state index is 12.9. The van der Waals surface area contributed by atoms with Crippen molar-refractivity contribution in [3.05, 3.63) is 60.7 Å². The molecule has 2 N–H and O–H groups in total. The molecular weight excluding hydrogens is 454 g/mol. The molecule has 0 radical (unpaired) electrons. The van der Waals surface area contributed by atoms with Gasteiger partial charge in [-0.3, -0.25) is 4.68 Å². The van der Waals surface area contributed by atoms with Crippen LogP contribution in [0.15, 0.2) is 60.0 Å². The van der Waals surface area contributed by atoms with Crippen LogP contribution in [0.5, 0.6) is 5.75 Å². The highest BCUT2D eigenvalue weighted by molar-refractivity contribution is 7.89. The van der Waals surface area contributed by atoms with Crippen LogP contribution in [-0.4, -0.2) is 52.3 Å². The molecule has 4 aromatic rings. The molecule has 1 aliphatic rings. The summed E-state index contributed by atoms with van der Waals surface area (Å²) in [6.07, 6.45) is 8.38. The van der Waals surface area contributed by atoms with Gasteiger partial charge in [0.2, 0.25) is 10.0 Å². The molecule has 5 rings (SSSR count). The maximum absolute atomic E-state index is 12.9. The summed E-state index contributed by atoms with van der Waals surface area (Å²) in [4.78, 5) is 0.254. The number of hydrogen-bond donors (Lipinski definition) is 1. The van der Waals surface area contributed by atoms with Crippen LogP contribution >= 0.6 is 0 Å². The quantitative estimate of drug-likeness (QED) is 0.437. The second-order valence-electron chi connectivity index (χ2n) is 8.17. The summed E-state index contributed by atoms with van der Waals surface area (Å²) in [6.45, 7) is 0.827. The molecule has 0 spiro atoms. The average Bonchev–Trinajstić information content (AvgIpc) is 3.51. The van der Waals surface area contributed by atoms with Gasteiger partial charge in [0.05, 0.1) is 30.4 Å². The van der Waals surface area contributed by atoms with Crippen LogP contribution in [0.25, 0.3) is 16.6 Å². The third kappa shape index (κ3) is 3.76. The number of pyridine rings is 1. The zero-order valence-electron chi connectivity index (χ0n) is 18.5. The number of rotatable bonds is 5. The summed E-state index contributed by atoms with van der Waals surface area (Å²) in [5.41, 5.74) is 9.01. The SMILES string of the molecule is COc1cc(-c2cnn(C3CCN(S(=O)(=O)c4ccc(N)cc4)CC3)c2)cn2ncc(C#N)c12. The Morgan fingerprint density at radius 3 is 2.50 bits per heavy atom. The number of benzene rings is 1. The second kappa shape index (κ2) is 8.48. The van der Waals surface area contributed by atoms with Crippen molar-refractivity contribution < 1.29 is 13.2 Å². The van der Waals surface area contributed by atoms with Gasteiger partial charge in [0, 0.05) is 42.3 Å². The second-order valence-corrected chi connectivity index (χ2v) is 10.1. The summed E-state index contributed by atoms with van der Waals surface area (Å²) in [5.74, 6) is 0.556. The fourth-order valence-corrected chi connectivity index (χ4v) is 5.77. The van der Waals surface area contributed by atoms with Crippen molar-refractivity contribution >= 4 is 21.2 Å². The number of piperidine rings is 1. The average molecular weight is 478 g/mol. The number of aromatic nitrogens is 4. The van der Waals surface area contributed by atoms with Crippen molar-refractivity contribution in [2.75, 3.05) is 25.9 Å². The lowest BCUT2D eigenvalue weighted by Gasteiger charge is -2.31. The molecule has 1 fully saturated rings. The number of sulfonamides is 1. The number of nitrogen functional groups attached to an aromatic ring is 1. The van der Waals surface area contributed by atoms with Crippen molar-refractivity contribution in [3.8, 4) is 22.9 Å². The molecule has 0 unspecified atom stereocenters. The minimum Gasteiger partial charge on any atom is -0.494 e. The van der Waals surface area contributed by atoms with E-state index in [0.29, 0.717) is 48.4 Å². The monoisotopic (exact) mass is 477 g/mol. The number of anilines is 1. The predicted octanol–water partition coefficient (Wildman–Crippen LogP) is 2.69. The smallest absolute Gasteiger partial charge is 0.243 e. The van der Waals surface area contributed by atoms with Gasteiger partial charge in [-0.05, 0) is 43.2 Å². The number of nitrogens with zero attached hydrogens (tertiary/aromatic N) is 6. The third-order valence-corrected chi connectivity index (χ3v) is 8.08. The highest BCUT2D eigenvalue weighted by Gasteiger charge is 2.30. The van der Waals surface area contributed by atoms with Crippen LogP contribution < -0.4 is 10.5 Å². The molecule has 34 heavy (non-hydrogen) atoms. The first-order chi connectivity index (χ1) is 16.4. The molecule has 1 aromatic carbocycles. The van der Waals surface area contributed by atoms with Crippen molar-refractivity contribution in [3.63, 3.8) is 0 Å². The topological polar surface area (TPSA) is 132 Å². The summed E-state index contributed by atoms with van der Waals surface area (Å²) in [6, 6.07) is 10.4. The lowest BCUT2D eigenvalue weighted by molar-refractivity contribution is 0.261. The van der Waals surface area contributed by atoms with Crippen molar-refractivity contribution in [2.24, 2.45) is 0 Å². The maximum Gasteiger partial charge on any atom is 0.243 e. The van der Waals surface area contributed by atoms with Crippen LogP contribution in [0.2, 0.25) is 0 Å². The molecule has 0 atom stereocenters. The Hall–Kier alpha value is -3.88. The Labute approximate surface area is 196 Å². The van der Waals surface area contributed by atoms with Gasteiger partial charge in [-0.2, -0.15) is 19.8 Å². The van der Waals surface area contributed by atoms with E-state index in [0.717, 1.165) is 11.1 Å². The first kappa shape index (κ1) is 21.9. The van der Waals surface area contributed by atoms with Gasteiger partial charge in [0.25, 0.3) is 0 Å². The zero-order chi connectivity index (χ0) is 23.9. The number of fused-ring (bicyclic) bond motifs is 1. The van der Waals surface area contributed by atoms with E-state index in [-0.39, 0.29) is 10.9 Å². The number of methoxy groups -OCH3 is 1. The first-order valence-electron chi connectivity index (χ1n) is 10.8. The van der Waals surface area contributed by atoms with E-state index in [9.17, 15) is 13.7 Å².